The molecule has 0 spiro atoms. The van der Waals surface area contributed by atoms with E-state index in [0.717, 1.165) is 5.56 Å². The zero-order valence-electron chi connectivity index (χ0n) is 12.2. The molecule has 1 atom stereocenters. The molecule has 1 aliphatic rings. The van der Waals surface area contributed by atoms with Crippen molar-refractivity contribution in [2.75, 3.05) is 6.54 Å². The Labute approximate surface area is 139 Å². The highest BCUT2D eigenvalue weighted by atomic mass is 32.2. The van der Waals surface area contributed by atoms with E-state index in [0.29, 0.717) is 22.2 Å². The molecular weight excluding hydrogens is 318 g/mol. The molecule has 0 aromatic heterocycles. The number of carbonyl (C=O) groups excluding carboxylic acids is 1. The number of amides is 1. The first-order valence-corrected chi connectivity index (χ1v) is 8.23. The number of carboxylic acids is 1. The summed E-state index contributed by atoms with van der Waals surface area (Å²) in [4.78, 5) is 25.0. The Kier molecular flexibility index (Phi) is 5.74. The highest BCUT2D eigenvalue weighted by Crippen LogP contribution is 2.33. The lowest BCUT2D eigenvalue weighted by molar-refractivity contribution is -0.137. The number of benzene rings is 1. The standard InChI is InChI=1S/C16H17NO3S2/c1-11(12-6-3-2-4-7-12)10-13-15(20)17(16(21)22-13)9-5-8-14(18)19/h2-4,6-7,10-11H,5,8-9H2,1H3,(H,18,19)/b13-10-. The second-order valence-electron chi connectivity index (χ2n) is 5.05. The number of thiocarbonyl (C=S) groups is 1. The van der Waals surface area contributed by atoms with Crippen LogP contribution in [-0.4, -0.2) is 32.7 Å². The van der Waals surface area contributed by atoms with Crippen LogP contribution in [0.15, 0.2) is 41.3 Å². The average Bonchev–Trinajstić information content (AvgIpc) is 2.75. The summed E-state index contributed by atoms with van der Waals surface area (Å²) in [6.07, 6.45) is 2.37. The number of nitrogens with zero attached hydrogens (tertiary/aromatic N) is 1. The summed E-state index contributed by atoms with van der Waals surface area (Å²) in [5, 5.41) is 8.66. The van der Waals surface area contributed by atoms with Crippen LogP contribution >= 0.6 is 24.0 Å². The van der Waals surface area contributed by atoms with Crippen LogP contribution in [0.1, 0.15) is 31.2 Å². The summed E-state index contributed by atoms with van der Waals surface area (Å²) in [5.74, 6) is -0.865. The van der Waals surface area contributed by atoms with Gasteiger partial charge < -0.3 is 5.11 Å². The van der Waals surface area contributed by atoms with Crippen molar-refractivity contribution >= 4 is 40.2 Å². The van der Waals surface area contributed by atoms with E-state index in [1.165, 1.54) is 16.7 Å². The van der Waals surface area contributed by atoms with Gasteiger partial charge in [0.15, 0.2) is 0 Å². The zero-order chi connectivity index (χ0) is 16.1. The quantitative estimate of drug-likeness (QED) is 0.638. The monoisotopic (exact) mass is 335 g/mol. The molecule has 1 saturated heterocycles. The van der Waals surface area contributed by atoms with Crippen molar-refractivity contribution in [3.8, 4) is 0 Å². The SMILES string of the molecule is CC(/C=C1\SC(=S)N(CCCC(=O)O)C1=O)c1ccccc1. The summed E-state index contributed by atoms with van der Waals surface area (Å²) in [7, 11) is 0. The number of rotatable bonds is 6. The van der Waals surface area contributed by atoms with Gasteiger partial charge in [-0.3, -0.25) is 14.5 Å². The molecule has 6 heteroatoms. The minimum Gasteiger partial charge on any atom is -0.481 e. The largest absolute Gasteiger partial charge is 0.481 e. The molecule has 1 heterocycles. The Morgan fingerprint density at radius 3 is 2.73 bits per heavy atom. The lowest BCUT2D eigenvalue weighted by Crippen LogP contribution is -2.29. The van der Waals surface area contributed by atoms with Crippen LogP contribution in [0.4, 0.5) is 0 Å². The second kappa shape index (κ2) is 7.56. The van der Waals surface area contributed by atoms with Gasteiger partial charge in [0, 0.05) is 18.9 Å². The van der Waals surface area contributed by atoms with Crippen molar-refractivity contribution in [3.63, 3.8) is 0 Å². The fraction of sp³-hybridized carbons (Fsp3) is 0.312. The van der Waals surface area contributed by atoms with Gasteiger partial charge in [-0.05, 0) is 12.0 Å². The summed E-state index contributed by atoms with van der Waals surface area (Å²) in [6.45, 7) is 2.39. The molecule has 1 N–H and O–H groups in total. The van der Waals surface area contributed by atoms with E-state index in [9.17, 15) is 9.59 Å². The molecule has 22 heavy (non-hydrogen) atoms. The number of carbonyl (C=O) groups is 2. The van der Waals surface area contributed by atoms with E-state index < -0.39 is 5.97 Å². The lowest BCUT2D eigenvalue weighted by atomic mass is 10.0. The molecule has 1 aromatic rings. The van der Waals surface area contributed by atoms with Crippen molar-refractivity contribution in [2.24, 2.45) is 0 Å². The zero-order valence-corrected chi connectivity index (χ0v) is 13.8. The van der Waals surface area contributed by atoms with Gasteiger partial charge in [0.05, 0.1) is 4.91 Å². The molecule has 1 aromatic carbocycles. The third-order valence-electron chi connectivity index (χ3n) is 3.37. The number of hydrogen-bond donors (Lipinski definition) is 1. The lowest BCUT2D eigenvalue weighted by Gasteiger charge is -2.13. The van der Waals surface area contributed by atoms with Crippen molar-refractivity contribution in [3.05, 3.63) is 46.9 Å². The minimum absolute atomic E-state index is 0.0382. The highest BCUT2D eigenvalue weighted by Gasteiger charge is 2.31. The predicted molar refractivity (Wildman–Crippen MR) is 91.7 cm³/mol. The number of hydrogen-bond acceptors (Lipinski definition) is 4. The van der Waals surface area contributed by atoms with Crippen LogP contribution in [0.2, 0.25) is 0 Å². The molecule has 1 unspecified atom stereocenters. The number of thioether (sulfide) groups is 1. The molecule has 0 aliphatic carbocycles. The summed E-state index contributed by atoms with van der Waals surface area (Å²) < 4.78 is 0.502. The van der Waals surface area contributed by atoms with Crippen LogP contribution in [0.3, 0.4) is 0 Å². The number of aliphatic carboxylic acids is 1. The maximum Gasteiger partial charge on any atom is 0.303 e. The molecule has 1 aliphatic heterocycles. The Morgan fingerprint density at radius 1 is 1.41 bits per heavy atom. The molecule has 4 nitrogen and oxygen atoms in total. The first kappa shape index (κ1) is 16.7. The Balaban J connectivity index is 2.04. The third-order valence-corrected chi connectivity index (χ3v) is 4.77. The van der Waals surface area contributed by atoms with Gasteiger partial charge >= 0.3 is 5.97 Å². The molecule has 0 radical (unpaired) electrons. The summed E-state index contributed by atoms with van der Waals surface area (Å²) in [6, 6.07) is 9.94. The Bertz CT molecular complexity index is 613. The van der Waals surface area contributed by atoms with E-state index in [1.807, 2.05) is 43.3 Å². The van der Waals surface area contributed by atoms with Crippen molar-refractivity contribution in [1.29, 1.82) is 0 Å². The van der Waals surface area contributed by atoms with E-state index in [1.54, 1.807) is 0 Å². The molecule has 116 valence electrons. The molecule has 1 fully saturated rings. The Morgan fingerprint density at radius 2 is 2.09 bits per heavy atom. The van der Waals surface area contributed by atoms with Gasteiger partial charge in [-0.15, -0.1) is 0 Å². The van der Waals surface area contributed by atoms with Crippen LogP contribution in [0.25, 0.3) is 0 Å². The minimum atomic E-state index is -0.862. The maximum absolute atomic E-state index is 12.4. The summed E-state index contributed by atoms with van der Waals surface area (Å²) in [5.41, 5.74) is 1.14. The molecule has 1 amide bonds. The molecule has 0 saturated carbocycles. The number of allylic oxidation sites excluding steroid dienone is 1. The van der Waals surface area contributed by atoms with Crippen LogP contribution in [-0.2, 0) is 9.59 Å². The van der Waals surface area contributed by atoms with Crippen molar-refractivity contribution in [1.82, 2.24) is 4.90 Å². The number of carboxylic acid groups (broad SMARTS) is 1. The van der Waals surface area contributed by atoms with Crippen LogP contribution in [0, 0.1) is 0 Å². The van der Waals surface area contributed by atoms with Crippen molar-refractivity contribution < 1.29 is 14.7 Å². The average molecular weight is 335 g/mol. The van der Waals surface area contributed by atoms with Crippen LogP contribution in [0.5, 0.6) is 0 Å². The second-order valence-corrected chi connectivity index (χ2v) is 6.73. The third kappa shape index (κ3) is 4.18. The van der Waals surface area contributed by atoms with Gasteiger partial charge in [-0.25, -0.2) is 0 Å². The first-order valence-electron chi connectivity index (χ1n) is 7.01. The maximum atomic E-state index is 12.4. The predicted octanol–water partition coefficient (Wildman–Crippen LogP) is 3.40. The van der Waals surface area contributed by atoms with E-state index >= 15 is 0 Å². The summed E-state index contributed by atoms with van der Waals surface area (Å²) >= 11 is 6.51. The first-order chi connectivity index (χ1) is 10.5. The smallest absolute Gasteiger partial charge is 0.303 e. The molecule has 0 bridgehead atoms. The van der Waals surface area contributed by atoms with Crippen LogP contribution < -0.4 is 0 Å². The molecule has 2 rings (SSSR count). The normalized spacial score (nSPS) is 18.0. The van der Waals surface area contributed by atoms with E-state index in [4.69, 9.17) is 17.3 Å². The molecular formula is C16H17NO3S2. The highest BCUT2D eigenvalue weighted by molar-refractivity contribution is 8.26. The van der Waals surface area contributed by atoms with Gasteiger partial charge in [0.2, 0.25) is 0 Å². The van der Waals surface area contributed by atoms with E-state index in [-0.39, 0.29) is 18.2 Å². The fourth-order valence-electron chi connectivity index (χ4n) is 2.18. The Hall–Kier alpha value is -1.66. The van der Waals surface area contributed by atoms with Crippen molar-refractivity contribution in [2.45, 2.75) is 25.7 Å². The van der Waals surface area contributed by atoms with Gasteiger partial charge in [-0.1, -0.05) is 67.3 Å². The van der Waals surface area contributed by atoms with Gasteiger partial charge in [-0.2, -0.15) is 0 Å². The fourth-order valence-corrected chi connectivity index (χ4v) is 3.56. The van der Waals surface area contributed by atoms with E-state index in [2.05, 4.69) is 0 Å². The van der Waals surface area contributed by atoms with Gasteiger partial charge in [0.25, 0.3) is 5.91 Å². The topological polar surface area (TPSA) is 57.6 Å². The van der Waals surface area contributed by atoms with Gasteiger partial charge in [0.1, 0.15) is 4.32 Å².